The van der Waals surface area contributed by atoms with Gasteiger partial charge in [0.15, 0.2) is 5.96 Å². The molecule has 1 aliphatic heterocycles. The van der Waals surface area contributed by atoms with E-state index in [0.717, 1.165) is 44.4 Å². The fourth-order valence-electron chi connectivity index (χ4n) is 2.70. The Morgan fingerprint density at radius 3 is 2.71 bits per heavy atom. The first-order valence-corrected chi connectivity index (χ1v) is 7.88. The number of hydrogen-bond acceptors (Lipinski definition) is 3. The van der Waals surface area contributed by atoms with Gasteiger partial charge in [0.25, 0.3) is 0 Å². The summed E-state index contributed by atoms with van der Waals surface area (Å²) in [5, 5.41) is 3.53. The van der Waals surface area contributed by atoms with E-state index >= 15 is 0 Å². The molecule has 3 unspecified atom stereocenters. The van der Waals surface area contributed by atoms with Gasteiger partial charge in [-0.2, -0.15) is 0 Å². The molecule has 5 nitrogen and oxygen atoms in total. The average Bonchev–Trinajstić information content (AvgIpc) is 3.14. The van der Waals surface area contributed by atoms with Crippen molar-refractivity contribution in [2.24, 2.45) is 16.8 Å². The van der Waals surface area contributed by atoms with E-state index in [0.29, 0.717) is 12.6 Å². The minimum Gasteiger partial charge on any atom is -0.466 e. The van der Waals surface area contributed by atoms with E-state index in [1.165, 1.54) is 6.42 Å². The Labute approximate surface area is 144 Å². The van der Waals surface area contributed by atoms with Crippen LogP contribution >= 0.6 is 24.0 Å². The monoisotopic (exact) mass is 409 g/mol. The molecule has 21 heavy (non-hydrogen) atoms. The molecule has 0 amide bonds. The molecule has 0 bridgehead atoms. The summed E-state index contributed by atoms with van der Waals surface area (Å²) in [5.74, 6) is 1.63. The summed E-state index contributed by atoms with van der Waals surface area (Å²) >= 11 is 0. The predicted molar refractivity (Wildman–Crippen MR) is 95.0 cm³/mol. The normalized spacial score (nSPS) is 28.6. The van der Waals surface area contributed by atoms with Crippen LogP contribution < -0.4 is 5.32 Å². The highest BCUT2D eigenvalue weighted by Crippen LogP contribution is 2.29. The first-order chi connectivity index (χ1) is 9.65. The lowest BCUT2D eigenvalue weighted by atomic mass is 9.98. The van der Waals surface area contributed by atoms with E-state index in [9.17, 15) is 4.79 Å². The van der Waals surface area contributed by atoms with Crippen molar-refractivity contribution in [1.82, 2.24) is 10.2 Å². The summed E-state index contributed by atoms with van der Waals surface area (Å²) in [6.07, 6.45) is 3.17. The topological polar surface area (TPSA) is 53.9 Å². The molecule has 1 heterocycles. The molecule has 1 saturated heterocycles. The van der Waals surface area contributed by atoms with Crippen LogP contribution in [0.1, 0.15) is 40.0 Å². The van der Waals surface area contributed by atoms with Gasteiger partial charge in [-0.25, -0.2) is 0 Å². The first-order valence-electron chi connectivity index (χ1n) is 7.88. The second kappa shape index (κ2) is 8.80. The van der Waals surface area contributed by atoms with Crippen molar-refractivity contribution < 1.29 is 9.53 Å². The Bertz CT molecular complexity index is 376. The standard InChI is InChI=1S/C15H27N3O2.HI/c1-4-16-15(17-13-9-11(13)3)18-8-6-7-12(10-18)14(19)20-5-2;/h11-13H,4-10H2,1-3H3,(H,16,17);1H. The number of aliphatic imine (C=N–C) groups is 1. The van der Waals surface area contributed by atoms with Gasteiger partial charge in [-0.05, 0) is 39.0 Å². The number of hydrogen-bond donors (Lipinski definition) is 1. The minimum atomic E-state index is -0.0622. The number of nitrogens with zero attached hydrogens (tertiary/aromatic N) is 2. The summed E-state index contributed by atoms with van der Waals surface area (Å²) < 4.78 is 5.15. The molecule has 1 aliphatic carbocycles. The zero-order valence-electron chi connectivity index (χ0n) is 13.3. The van der Waals surface area contributed by atoms with E-state index in [4.69, 9.17) is 4.74 Å². The zero-order chi connectivity index (χ0) is 14.5. The van der Waals surface area contributed by atoms with Crippen LogP contribution in [0.2, 0.25) is 0 Å². The summed E-state index contributed by atoms with van der Waals surface area (Å²) in [6, 6.07) is 0.559. The zero-order valence-corrected chi connectivity index (χ0v) is 15.6. The summed E-state index contributed by atoms with van der Waals surface area (Å²) in [7, 11) is 0. The number of halogens is 1. The van der Waals surface area contributed by atoms with E-state index < -0.39 is 0 Å². The lowest BCUT2D eigenvalue weighted by Crippen LogP contribution is -2.49. The molecular weight excluding hydrogens is 381 g/mol. The van der Waals surface area contributed by atoms with Gasteiger partial charge in [0.2, 0.25) is 0 Å². The third-order valence-corrected chi connectivity index (χ3v) is 4.07. The fraction of sp³-hybridized carbons (Fsp3) is 0.867. The van der Waals surface area contributed by atoms with Gasteiger partial charge in [-0.3, -0.25) is 9.79 Å². The number of carbonyl (C=O) groups excluding carboxylic acids is 1. The maximum atomic E-state index is 11.9. The van der Waals surface area contributed by atoms with Crippen LogP contribution in [0.3, 0.4) is 0 Å². The molecule has 2 aliphatic rings. The van der Waals surface area contributed by atoms with Crippen LogP contribution in [0.4, 0.5) is 0 Å². The van der Waals surface area contributed by atoms with E-state index in [1.807, 2.05) is 13.8 Å². The van der Waals surface area contributed by atoms with E-state index in [2.05, 4.69) is 22.1 Å². The van der Waals surface area contributed by atoms with Gasteiger partial charge in [0.1, 0.15) is 0 Å². The van der Waals surface area contributed by atoms with Crippen LogP contribution in [0.15, 0.2) is 4.99 Å². The maximum Gasteiger partial charge on any atom is 0.310 e. The SMILES string of the molecule is CCN=C(NC1CC1C)N1CCCC(C(=O)OCC)C1.I. The van der Waals surface area contributed by atoms with Gasteiger partial charge >= 0.3 is 5.97 Å². The third-order valence-electron chi connectivity index (χ3n) is 4.07. The average molecular weight is 409 g/mol. The molecule has 0 aromatic carbocycles. The molecule has 1 N–H and O–H groups in total. The first kappa shape index (κ1) is 18.5. The molecule has 3 atom stereocenters. The van der Waals surface area contributed by atoms with Crippen molar-refractivity contribution in [2.45, 2.75) is 46.1 Å². The number of guanidine groups is 1. The summed E-state index contributed by atoms with van der Waals surface area (Å²) in [5.41, 5.74) is 0. The van der Waals surface area contributed by atoms with Crippen molar-refractivity contribution in [3.63, 3.8) is 0 Å². The lowest BCUT2D eigenvalue weighted by Gasteiger charge is -2.34. The number of piperidine rings is 1. The van der Waals surface area contributed by atoms with E-state index in [1.54, 1.807) is 0 Å². The molecule has 6 heteroatoms. The van der Waals surface area contributed by atoms with Gasteiger partial charge < -0.3 is 15.0 Å². The van der Waals surface area contributed by atoms with E-state index in [-0.39, 0.29) is 35.9 Å². The quantitative estimate of drug-likeness (QED) is 0.335. The van der Waals surface area contributed by atoms with Gasteiger partial charge in [0.05, 0.1) is 12.5 Å². The minimum absolute atomic E-state index is 0. The number of carbonyl (C=O) groups is 1. The van der Waals surface area contributed by atoms with Crippen LogP contribution in [0, 0.1) is 11.8 Å². The molecule has 0 aromatic heterocycles. The number of nitrogens with one attached hydrogen (secondary N) is 1. The summed E-state index contributed by atoms with van der Waals surface area (Å²) in [4.78, 5) is 18.7. The molecule has 2 rings (SSSR count). The van der Waals surface area contributed by atoms with Gasteiger partial charge in [0, 0.05) is 25.7 Å². The van der Waals surface area contributed by atoms with Gasteiger partial charge in [-0.15, -0.1) is 24.0 Å². The van der Waals surface area contributed by atoms with Crippen molar-refractivity contribution in [1.29, 1.82) is 0 Å². The molecular formula is C15H28IN3O2. The van der Waals surface area contributed by atoms with Crippen molar-refractivity contribution in [2.75, 3.05) is 26.2 Å². The molecule has 0 spiro atoms. The maximum absolute atomic E-state index is 11.9. The van der Waals surface area contributed by atoms with Crippen molar-refractivity contribution in [3.05, 3.63) is 0 Å². The van der Waals surface area contributed by atoms with Crippen LogP contribution in [-0.2, 0) is 9.53 Å². The highest BCUT2D eigenvalue weighted by atomic mass is 127. The second-order valence-electron chi connectivity index (χ2n) is 5.80. The third kappa shape index (κ3) is 5.30. The van der Waals surface area contributed by atoms with Crippen LogP contribution in [0.25, 0.3) is 0 Å². The fourth-order valence-corrected chi connectivity index (χ4v) is 2.70. The molecule has 2 fully saturated rings. The second-order valence-corrected chi connectivity index (χ2v) is 5.80. The Balaban J connectivity index is 0.00000220. The largest absolute Gasteiger partial charge is 0.466 e. The van der Waals surface area contributed by atoms with Crippen molar-refractivity contribution in [3.8, 4) is 0 Å². The Morgan fingerprint density at radius 2 is 2.14 bits per heavy atom. The Morgan fingerprint density at radius 1 is 1.43 bits per heavy atom. The summed E-state index contributed by atoms with van der Waals surface area (Å²) in [6.45, 7) is 9.09. The van der Waals surface area contributed by atoms with Crippen molar-refractivity contribution >= 4 is 35.9 Å². The van der Waals surface area contributed by atoms with Gasteiger partial charge in [-0.1, -0.05) is 6.92 Å². The highest BCUT2D eigenvalue weighted by Gasteiger charge is 2.35. The highest BCUT2D eigenvalue weighted by molar-refractivity contribution is 14.0. The van der Waals surface area contributed by atoms with Crippen LogP contribution in [-0.4, -0.2) is 49.1 Å². The molecule has 1 saturated carbocycles. The molecule has 0 radical (unpaired) electrons. The predicted octanol–water partition coefficient (Wildman–Crippen LogP) is 2.25. The number of esters is 1. The molecule has 122 valence electrons. The number of rotatable bonds is 4. The lowest BCUT2D eigenvalue weighted by molar-refractivity contribution is -0.149. The smallest absolute Gasteiger partial charge is 0.310 e. The Kier molecular flexibility index (Phi) is 7.76. The Hall–Kier alpha value is -0.530. The van der Waals surface area contributed by atoms with Crippen LogP contribution in [0.5, 0.6) is 0 Å². The number of likely N-dealkylation sites (tertiary alicyclic amines) is 1. The number of ether oxygens (including phenoxy) is 1. The molecule has 0 aromatic rings.